The quantitative estimate of drug-likeness (QED) is 0.791. The first-order valence-electron chi connectivity index (χ1n) is 8.40. The Balaban J connectivity index is 2.31. The van der Waals surface area contributed by atoms with Crippen molar-refractivity contribution in [3.05, 3.63) is 33.8 Å². The van der Waals surface area contributed by atoms with E-state index in [0.29, 0.717) is 27.3 Å². The molecule has 2 amide bonds. The van der Waals surface area contributed by atoms with Crippen LogP contribution in [0.2, 0.25) is 10.0 Å². The lowest BCUT2D eigenvalue weighted by atomic mass is 10.1. The number of nitrogens with zero attached hydrogens (tertiary/aromatic N) is 1. The smallest absolute Gasteiger partial charge is 0.255 e. The summed E-state index contributed by atoms with van der Waals surface area (Å²) in [6.07, 6.45) is 0.836. The van der Waals surface area contributed by atoms with E-state index in [1.807, 2.05) is 13.8 Å². The maximum Gasteiger partial charge on any atom is 0.255 e. The summed E-state index contributed by atoms with van der Waals surface area (Å²) in [6, 6.07) is 4.39. The summed E-state index contributed by atoms with van der Waals surface area (Å²) >= 11 is 13.7. The van der Waals surface area contributed by atoms with Gasteiger partial charge in [-0.25, -0.2) is 0 Å². The number of nitrogens with one attached hydrogen (secondary N) is 1. The van der Waals surface area contributed by atoms with Crippen molar-refractivity contribution in [2.75, 3.05) is 5.75 Å². The lowest BCUT2D eigenvalue weighted by Crippen LogP contribution is -2.51. The Morgan fingerprint density at radius 2 is 1.92 bits per heavy atom. The van der Waals surface area contributed by atoms with Gasteiger partial charge in [0.1, 0.15) is 6.04 Å². The van der Waals surface area contributed by atoms with Crippen molar-refractivity contribution in [1.29, 1.82) is 0 Å². The molecule has 1 aromatic rings. The number of benzene rings is 1. The molecule has 1 aliphatic heterocycles. The molecule has 1 aliphatic rings. The van der Waals surface area contributed by atoms with Gasteiger partial charge in [0.15, 0.2) is 0 Å². The van der Waals surface area contributed by atoms with Crippen LogP contribution in [0.5, 0.6) is 0 Å². The fourth-order valence-corrected chi connectivity index (χ4v) is 4.72. The average molecular weight is 403 g/mol. The molecule has 0 aromatic heterocycles. The van der Waals surface area contributed by atoms with Crippen molar-refractivity contribution in [1.82, 2.24) is 10.2 Å². The molecule has 0 spiro atoms. The molecule has 0 bridgehead atoms. The number of carbonyl (C=O) groups excluding carboxylic acids is 2. The van der Waals surface area contributed by atoms with Gasteiger partial charge in [-0.1, -0.05) is 37.0 Å². The van der Waals surface area contributed by atoms with Crippen LogP contribution in [0.3, 0.4) is 0 Å². The van der Waals surface area contributed by atoms with E-state index in [-0.39, 0.29) is 23.2 Å². The maximum atomic E-state index is 13.1. The van der Waals surface area contributed by atoms with Gasteiger partial charge in [-0.05, 0) is 44.4 Å². The summed E-state index contributed by atoms with van der Waals surface area (Å²) in [7, 11) is 0. The first-order valence-corrected chi connectivity index (χ1v) is 10.2. The molecule has 138 valence electrons. The van der Waals surface area contributed by atoms with Gasteiger partial charge in [0.25, 0.3) is 5.91 Å². The van der Waals surface area contributed by atoms with E-state index in [2.05, 4.69) is 19.2 Å². The molecule has 0 saturated carbocycles. The largest absolute Gasteiger partial charge is 0.352 e. The van der Waals surface area contributed by atoms with Crippen LogP contribution in [0.25, 0.3) is 0 Å². The summed E-state index contributed by atoms with van der Waals surface area (Å²) in [5, 5.41) is 3.64. The molecular formula is C18H24Cl2N2O2S. The van der Waals surface area contributed by atoms with Gasteiger partial charge in [-0.3, -0.25) is 9.59 Å². The minimum absolute atomic E-state index is 0.0233. The Kier molecular flexibility index (Phi) is 7.06. The SMILES string of the molecule is CC(C)CC1SCC(C(=O)NC(C)C)N1C(=O)c1ccc(Cl)c(Cl)c1. The van der Waals surface area contributed by atoms with Crippen LogP contribution in [0.4, 0.5) is 0 Å². The van der Waals surface area contributed by atoms with Crippen molar-refractivity contribution in [3.8, 4) is 0 Å². The zero-order valence-corrected chi connectivity index (χ0v) is 17.2. The fourth-order valence-electron chi connectivity index (χ4n) is 2.78. The second-order valence-corrected chi connectivity index (χ2v) is 8.96. The molecule has 0 radical (unpaired) electrons. The van der Waals surface area contributed by atoms with Crippen LogP contribution in [-0.4, -0.2) is 39.9 Å². The first-order chi connectivity index (χ1) is 11.7. The van der Waals surface area contributed by atoms with Gasteiger partial charge in [0.2, 0.25) is 5.91 Å². The van der Waals surface area contributed by atoms with Crippen LogP contribution >= 0.6 is 35.0 Å². The van der Waals surface area contributed by atoms with E-state index in [9.17, 15) is 9.59 Å². The molecule has 2 atom stereocenters. The molecule has 1 aromatic carbocycles. The van der Waals surface area contributed by atoms with E-state index in [1.165, 1.54) is 0 Å². The number of hydrogen-bond acceptors (Lipinski definition) is 3. The Hall–Kier alpha value is -0.910. The van der Waals surface area contributed by atoms with Crippen molar-refractivity contribution in [2.24, 2.45) is 5.92 Å². The van der Waals surface area contributed by atoms with Crippen molar-refractivity contribution < 1.29 is 9.59 Å². The minimum Gasteiger partial charge on any atom is -0.352 e. The molecule has 1 fully saturated rings. The molecular weight excluding hydrogens is 379 g/mol. The van der Waals surface area contributed by atoms with E-state index in [4.69, 9.17) is 23.2 Å². The van der Waals surface area contributed by atoms with E-state index < -0.39 is 6.04 Å². The normalized spacial score (nSPS) is 20.4. The number of hydrogen-bond donors (Lipinski definition) is 1. The van der Waals surface area contributed by atoms with Crippen LogP contribution in [-0.2, 0) is 4.79 Å². The van der Waals surface area contributed by atoms with Crippen molar-refractivity contribution in [2.45, 2.75) is 51.6 Å². The molecule has 1 N–H and O–H groups in total. The Morgan fingerprint density at radius 1 is 1.24 bits per heavy atom. The predicted molar refractivity (Wildman–Crippen MR) is 105 cm³/mol. The molecule has 1 heterocycles. The molecule has 7 heteroatoms. The monoisotopic (exact) mass is 402 g/mol. The summed E-state index contributed by atoms with van der Waals surface area (Å²) in [6.45, 7) is 8.06. The van der Waals surface area contributed by atoms with Crippen LogP contribution in [0.1, 0.15) is 44.5 Å². The minimum atomic E-state index is -0.474. The van der Waals surface area contributed by atoms with Crippen LogP contribution in [0, 0.1) is 5.92 Å². The molecule has 4 nitrogen and oxygen atoms in total. The standard InChI is InChI=1S/C18H24Cl2N2O2S/c1-10(2)7-16-22(15(9-25-16)17(23)21-11(3)4)18(24)12-5-6-13(19)14(20)8-12/h5-6,8,10-11,15-16H,7,9H2,1-4H3,(H,21,23). The Morgan fingerprint density at radius 3 is 2.48 bits per heavy atom. The van der Waals surface area contributed by atoms with E-state index in [0.717, 1.165) is 6.42 Å². The second kappa shape index (κ2) is 8.65. The van der Waals surface area contributed by atoms with E-state index >= 15 is 0 Å². The highest BCUT2D eigenvalue weighted by Crippen LogP contribution is 2.35. The van der Waals surface area contributed by atoms with Crippen LogP contribution in [0.15, 0.2) is 18.2 Å². The highest BCUT2D eigenvalue weighted by Gasteiger charge is 2.42. The zero-order chi connectivity index (χ0) is 18.7. The summed E-state index contributed by atoms with van der Waals surface area (Å²) < 4.78 is 0. The Labute approximate surface area is 163 Å². The summed E-state index contributed by atoms with van der Waals surface area (Å²) in [4.78, 5) is 27.4. The zero-order valence-electron chi connectivity index (χ0n) is 14.9. The molecule has 0 aliphatic carbocycles. The number of carbonyl (C=O) groups is 2. The van der Waals surface area contributed by atoms with Gasteiger partial charge in [-0.2, -0.15) is 0 Å². The fraction of sp³-hybridized carbons (Fsp3) is 0.556. The lowest BCUT2D eigenvalue weighted by Gasteiger charge is -2.30. The number of thioether (sulfide) groups is 1. The third kappa shape index (κ3) is 5.05. The molecule has 2 rings (SSSR count). The third-order valence-electron chi connectivity index (χ3n) is 3.90. The van der Waals surface area contributed by atoms with Gasteiger partial charge >= 0.3 is 0 Å². The number of amides is 2. The highest BCUT2D eigenvalue weighted by molar-refractivity contribution is 8.00. The number of halogens is 2. The first kappa shape index (κ1) is 20.4. The van der Waals surface area contributed by atoms with Crippen molar-refractivity contribution >= 4 is 46.8 Å². The van der Waals surface area contributed by atoms with Gasteiger partial charge < -0.3 is 10.2 Å². The van der Waals surface area contributed by atoms with E-state index in [1.54, 1.807) is 34.9 Å². The number of rotatable bonds is 5. The van der Waals surface area contributed by atoms with Crippen LogP contribution < -0.4 is 5.32 Å². The summed E-state index contributed by atoms with van der Waals surface area (Å²) in [5.74, 6) is 0.733. The highest BCUT2D eigenvalue weighted by atomic mass is 35.5. The van der Waals surface area contributed by atoms with Crippen molar-refractivity contribution in [3.63, 3.8) is 0 Å². The third-order valence-corrected chi connectivity index (χ3v) is 5.95. The lowest BCUT2D eigenvalue weighted by molar-refractivity contribution is -0.125. The van der Waals surface area contributed by atoms with Gasteiger partial charge in [0, 0.05) is 17.4 Å². The predicted octanol–water partition coefficient (Wildman–Crippen LogP) is 4.45. The molecule has 1 saturated heterocycles. The maximum absolute atomic E-state index is 13.1. The van der Waals surface area contributed by atoms with Gasteiger partial charge in [0.05, 0.1) is 15.4 Å². The van der Waals surface area contributed by atoms with Gasteiger partial charge in [-0.15, -0.1) is 11.8 Å². The topological polar surface area (TPSA) is 49.4 Å². The summed E-state index contributed by atoms with van der Waals surface area (Å²) in [5.41, 5.74) is 0.452. The Bertz CT molecular complexity index is 652. The average Bonchev–Trinajstić information content (AvgIpc) is 2.91. The molecule has 25 heavy (non-hydrogen) atoms. The second-order valence-electron chi connectivity index (χ2n) is 6.94. The molecule has 2 unspecified atom stereocenters.